The van der Waals surface area contributed by atoms with Gasteiger partial charge in [-0.15, -0.1) is 0 Å². The summed E-state index contributed by atoms with van der Waals surface area (Å²) in [7, 11) is 1.41. The molecule has 4 heteroatoms. The van der Waals surface area contributed by atoms with Crippen LogP contribution in [0.5, 0.6) is 0 Å². The van der Waals surface area contributed by atoms with Gasteiger partial charge in [0.25, 0.3) is 0 Å². The second-order valence-electron chi connectivity index (χ2n) is 0.806. The Morgan fingerprint density at radius 2 is 2.29 bits per heavy atom. The third kappa shape index (κ3) is 2.75. The lowest BCUT2D eigenvalue weighted by molar-refractivity contribution is 0.247. The SMILES string of the molecule is CNC(=O)N[C]=O. The van der Waals surface area contributed by atoms with E-state index in [-0.39, 0.29) is 0 Å². The molecule has 0 unspecified atom stereocenters. The predicted octanol–water partition coefficient (Wildman–Crippen LogP) is -1.02. The lowest BCUT2D eigenvalue weighted by Gasteiger charge is -1.89. The average molecular weight is 101 g/mol. The molecule has 0 aromatic heterocycles. The Morgan fingerprint density at radius 1 is 1.71 bits per heavy atom. The van der Waals surface area contributed by atoms with E-state index in [1.807, 2.05) is 0 Å². The van der Waals surface area contributed by atoms with Crippen LogP contribution in [0, 0.1) is 0 Å². The Kier molecular flexibility index (Phi) is 2.67. The van der Waals surface area contributed by atoms with E-state index in [0.29, 0.717) is 0 Å². The lowest BCUT2D eigenvalue weighted by atomic mass is 10.9. The molecule has 0 aromatic rings. The van der Waals surface area contributed by atoms with E-state index in [1.165, 1.54) is 13.5 Å². The fourth-order valence-electron chi connectivity index (χ4n) is 0.109. The molecule has 1 radical (unpaired) electrons. The molecule has 0 aromatic carbocycles. The van der Waals surface area contributed by atoms with Gasteiger partial charge in [-0.1, -0.05) is 0 Å². The maximum absolute atomic E-state index is 9.93. The first-order valence-corrected chi connectivity index (χ1v) is 1.66. The Balaban J connectivity index is 3.17. The van der Waals surface area contributed by atoms with Crippen molar-refractivity contribution >= 4 is 12.4 Å². The van der Waals surface area contributed by atoms with Gasteiger partial charge in [0, 0.05) is 7.05 Å². The molecule has 0 saturated carbocycles. The molecule has 0 heterocycles. The van der Waals surface area contributed by atoms with Gasteiger partial charge >= 0.3 is 12.4 Å². The van der Waals surface area contributed by atoms with Crippen LogP contribution in [0.1, 0.15) is 0 Å². The van der Waals surface area contributed by atoms with E-state index in [9.17, 15) is 9.59 Å². The second-order valence-corrected chi connectivity index (χ2v) is 0.806. The zero-order valence-corrected chi connectivity index (χ0v) is 3.82. The molecule has 0 atom stereocenters. The van der Waals surface area contributed by atoms with Crippen molar-refractivity contribution in [1.29, 1.82) is 0 Å². The molecular formula is C3H5N2O2. The van der Waals surface area contributed by atoms with E-state index in [4.69, 9.17) is 0 Å². The van der Waals surface area contributed by atoms with Gasteiger partial charge < -0.3 is 5.32 Å². The summed E-state index contributed by atoms with van der Waals surface area (Å²) in [4.78, 5) is 19.2. The summed E-state index contributed by atoms with van der Waals surface area (Å²) >= 11 is 0. The largest absolute Gasteiger partial charge is 0.341 e. The Labute approximate surface area is 40.9 Å². The van der Waals surface area contributed by atoms with E-state index >= 15 is 0 Å². The summed E-state index contributed by atoms with van der Waals surface area (Å²) in [6.07, 6.45) is 1.21. The zero-order valence-electron chi connectivity index (χ0n) is 3.82. The van der Waals surface area contributed by atoms with Crippen LogP contribution in [-0.4, -0.2) is 19.5 Å². The number of amides is 3. The number of imide groups is 1. The maximum atomic E-state index is 9.93. The fourth-order valence-corrected chi connectivity index (χ4v) is 0.109. The first kappa shape index (κ1) is 5.94. The molecule has 39 valence electrons. The number of urea groups is 1. The minimum absolute atomic E-state index is 0.546. The highest BCUT2D eigenvalue weighted by Crippen LogP contribution is 1.50. The number of carbonyl (C=O) groups excluding carboxylic acids is 2. The minimum atomic E-state index is -0.546. The van der Waals surface area contributed by atoms with Crippen molar-refractivity contribution in [2.45, 2.75) is 0 Å². The van der Waals surface area contributed by atoms with Gasteiger partial charge in [0.2, 0.25) is 0 Å². The summed E-state index contributed by atoms with van der Waals surface area (Å²) in [6, 6.07) is -0.546. The van der Waals surface area contributed by atoms with Crippen LogP contribution >= 0.6 is 0 Å². The van der Waals surface area contributed by atoms with Crippen LogP contribution < -0.4 is 10.6 Å². The first-order valence-electron chi connectivity index (χ1n) is 1.66. The molecule has 2 N–H and O–H groups in total. The summed E-state index contributed by atoms with van der Waals surface area (Å²) < 4.78 is 0. The average Bonchev–Trinajstić information content (AvgIpc) is 1.68. The molecule has 0 aliphatic rings. The zero-order chi connectivity index (χ0) is 5.70. The summed E-state index contributed by atoms with van der Waals surface area (Å²) in [5.74, 6) is 0. The Hall–Kier alpha value is -1.06. The van der Waals surface area contributed by atoms with Gasteiger partial charge in [0.1, 0.15) is 0 Å². The minimum Gasteiger partial charge on any atom is -0.341 e. The van der Waals surface area contributed by atoms with Gasteiger partial charge in [0.15, 0.2) is 0 Å². The van der Waals surface area contributed by atoms with E-state index in [1.54, 1.807) is 5.32 Å². The molecule has 0 aliphatic heterocycles. The van der Waals surface area contributed by atoms with E-state index in [2.05, 4.69) is 5.32 Å². The summed E-state index contributed by atoms with van der Waals surface area (Å²) in [5.41, 5.74) is 0. The maximum Gasteiger partial charge on any atom is 0.321 e. The van der Waals surface area contributed by atoms with Crippen molar-refractivity contribution in [1.82, 2.24) is 10.6 Å². The van der Waals surface area contributed by atoms with Crippen LogP contribution in [0.15, 0.2) is 0 Å². The Bertz CT molecular complexity index is 81.0. The van der Waals surface area contributed by atoms with Crippen LogP contribution in [0.25, 0.3) is 0 Å². The van der Waals surface area contributed by atoms with Gasteiger partial charge in [-0.3, -0.25) is 10.1 Å². The molecule has 0 fully saturated rings. The van der Waals surface area contributed by atoms with Crippen LogP contribution in [0.3, 0.4) is 0 Å². The topological polar surface area (TPSA) is 58.2 Å². The van der Waals surface area contributed by atoms with Gasteiger partial charge in [-0.25, -0.2) is 4.79 Å². The van der Waals surface area contributed by atoms with E-state index in [0.717, 1.165) is 0 Å². The number of rotatable bonds is 1. The normalized spacial score (nSPS) is 7.00. The lowest BCUT2D eigenvalue weighted by Crippen LogP contribution is -2.31. The number of nitrogens with one attached hydrogen (secondary N) is 2. The van der Waals surface area contributed by atoms with Crippen molar-refractivity contribution in [3.05, 3.63) is 0 Å². The van der Waals surface area contributed by atoms with Crippen molar-refractivity contribution < 1.29 is 9.59 Å². The van der Waals surface area contributed by atoms with Crippen LogP contribution in [0.2, 0.25) is 0 Å². The second kappa shape index (κ2) is 3.14. The molecule has 3 amide bonds. The van der Waals surface area contributed by atoms with Crippen LogP contribution in [-0.2, 0) is 4.79 Å². The third-order valence-corrected chi connectivity index (χ3v) is 0.392. The molecule has 0 rings (SSSR count). The van der Waals surface area contributed by atoms with Gasteiger partial charge in [-0.2, -0.15) is 0 Å². The van der Waals surface area contributed by atoms with Gasteiger partial charge in [0.05, 0.1) is 0 Å². The number of hydrogen-bond donors (Lipinski definition) is 2. The molecule has 0 spiro atoms. The fraction of sp³-hybridized carbons (Fsp3) is 0.333. The molecule has 0 saturated heterocycles. The highest BCUT2D eigenvalue weighted by Gasteiger charge is 1.88. The molecule has 0 aliphatic carbocycles. The smallest absolute Gasteiger partial charge is 0.321 e. The summed E-state index contributed by atoms with van der Waals surface area (Å²) in [6.45, 7) is 0. The third-order valence-electron chi connectivity index (χ3n) is 0.392. The van der Waals surface area contributed by atoms with Crippen molar-refractivity contribution in [3.8, 4) is 0 Å². The highest BCUT2D eigenvalue weighted by molar-refractivity contribution is 5.84. The molecule has 7 heavy (non-hydrogen) atoms. The standard InChI is InChI=1S/C3H5N2O2/c1-4-3(7)5-2-6/h1H3,(H2,4,5,6,7). The summed E-state index contributed by atoms with van der Waals surface area (Å²) in [5, 5.41) is 3.89. The predicted molar refractivity (Wildman–Crippen MR) is 23.3 cm³/mol. The van der Waals surface area contributed by atoms with Gasteiger partial charge in [-0.05, 0) is 0 Å². The molecular weight excluding hydrogens is 96.0 g/mol. The monoisotopic (exact) mass is 101 g/mol. The Morgan fingerprint density at radius 3 is 2.43 bits per heavy atom. The van der Waals surface area contributed by atoms with Crippen molar-refractivity contribution in [3.63, 3.8) is 0 Å². The van der Waals surface area contributed by atoms with E-state index < -0.39 is 6.03 Å². The first-order chi connectivity index (χ1) is 3.31. The number of carbonyl (C=O) groups is 1. The molecule has 4 nitrogen and oxygen atoms in total. The van der Waals surface area contributed by atoms with Crippen LogP contribution in [0.4, 0.5) is 4.79 Å². The number of hydrogen-bond acceptors (Lipinski definition) is 2. The highest BCUT2D eigenvalue weighted by atomic mass is 16.2. The van der Waals surface area contributed by atoms with Crippen molar-refractivity contribution in [2.24, 2.45) is 0 Å². The van der Waals surface area contributed by atoms with Crippen molar-refractivity contribution in [2.75, 3.05) is 7.05 Å². The quantitative estimate of drug-likeness (QED) is 0.415. The molecule has 0 bridgehead atoms.